The van der Waals surface area contributed by atoms with E-state index in [9.17, 15) is 5.11 Å². The van der Waals surface area contributed by atoms with Crippen molar-refractivity contribution in [3.05, 3.63) is 53.1 Å². The van der Waals surface area contributed by atoms with Crippen molar-refractivity contribution in [2.75, 3.05) is 13.2 Å². The first kappa shape index (κ1) is 17.7. The van der Waals surface area contributed by atoms with Crippen molar-refractivity contribution in [1.29, 1.82) is 0 Å². The number of ether oxygens (including phenoxy) is 3. The van der Waals surface area contributed by atoms with E-state index >= 15 is 0 Å². The predicted octanol–water partition coefficient (Wildman–Crippen LogP) is 3.30. The van der Waals surface area contributed by atoms with E-state index in [0.717, 1.165) is 22.4 Å². The van der Waals surface area contributed by atoms with Crippen LogP contribution in [-0.4, -0.2) is 24.3 Å². The lowest BCUT2D eigenvalue weighted by atomic mass is 9.81. The minimum absolute atomic E-state index is 0.0474. The summed E-state index contributed by atoms with van der Waals surface area (Å²) in [6.07, 6.45) is 0. The quantitative estimate of drug-likeness (QED) is 0.868. The highest BCUT2D eigenvalue weighted by Crippen LogP contribution is 2.51. The molecule has 1 atom stereocenters. The molecular weight excluding hydrogens is 344 g/mol. The number of rotatable bonds is 3. The van der Waals surface area contributed by atoms with Crippen molar-refractivity contribution in [2.45, 2.75) is 32.9 Å². The van der Waals surface area contributed by atoms with Crippen LogP contribution in [0, 0.1) is 5.41 Å². The molecule has 0 saturated heterocycles. The first-order valence-corrected chi connectivity index (χ1v) is 8.98. The number of benzene rings is 2. The molecule has 1 spiro atoms. The molecule has 142 valence electrons. The second-order valence-electron chi connectivity index (χ2n) is 8.20. The van der Waals surface area contributed by atoms with E-state index in [1.165, 1.54) is 0 Å². The second-order valence-corrected chi connectivity index (χ2v) is 8.20. The van der Waals surface area contributed by atoms with Gasteiger partial charge in [-0.3, -0.25) is 0 Å². The maximum Gasteiger partial charge on any atom is 0.283 e. The summed E-state index contributed by atoms with van der Waals surface area (Å²) < 4.78 is 17.6. The summed E-state index contributed by atoms with van der Waals surface area (Å²) in [5, 5.41) is 9.56. The molecule has 2 aliphatic heterocycles. The Morgan fingerprint density at radius 2 is 1.85 bits per heavy atom. The summed E-state index contributed by atoms with van der Waals surface area (Å²) in [4.78, 5) is 4.64. The monoisotopic (exact) mass is 368 g/mol. The van der Waals surface area contributed by atoms with Gasteiger partial charge in [0.1, 0.15) is 23.9 Å². The maximum absolute atomic E-state index is 9.56. The Bertz CT molecular complexity index is 917. The zero-order valence-electron chi connectivity index (χ0n) is 15.8. The van der Waals surface area contributed by atoms with Gasteiger partial charge in [-0.1, -0.05) is 26.8 Å². The smallest absolute Gasteiger partial charge is 0.283 e. The number of fused-ring (bicyclic) bond motifs is 4. The van der Waals surface area contributed by atoms with Crippen molar-refractivity contribution in [2.24, 2.45) is 16.1 Å². The van der Waals surface area contributed by atoms with E-state index in [0.29, 0.717) is 18.1 Å². The van der Waals surface area contributed by atoms with Crippen molar-refractivity contribution >= 4 is 6.02 Å². The van der Waals surface area contributed by atoms with Crippen molar-refractivity contribution in [1.82, 2.24) is 0 Å². The van der Waals surface area contributed by atoms with Gasteiger partial charge in [0.15, 0.2) is 5.54 Å². The molecule has 4 rings (SSSR count). The largest absolute Gasteiger partial charge is 0.493 e. The fourth-order valence-corrected chi connectivity index (χ4v) is 3.37. The van der Waals surface area contributed by atoms with Gasteiger partial charge < -0.3 is 25.1 Å². The van der Waals surface area contributed by atoms with Gasteiger partial charge in [0.05, 0.1) is 13.2 Å². The van der Waals surface area contributed by atoms with Crippen LogP contribution in [0.3, 0.4) is 0 Å². The predicted molar refractivity (Wildman–Crippen MR) is 102 cm³/mol. The van der Waals surface area contributed by atoms with Crippen LogP contribution in [-0.2, 0) is 16.9 Å². The van der Waals surface area contributed by atoms with E-state index in [-0.39, 0.29) is 24.7 Å². The van der Waals surface area contributed by atoms with Gasteiger partial charge in [-0.25, -0.2) is 4.99 Å². The van der Waals surface area contributed by atoms with Gasteiger partial charge in [-0.2, -0.15) is 0 Å². The first-order valence-electron chi connectivity index (χ1n) is 8.98. The number of amidine groups is 1. The number of aliphatic hydroxyl groups excluding tert-OH is 1. The van der Waals surface area contributed by atoms with Crippen LogP contribution < -0.4 is 15.2 Å². The lowest BCUT2D eigenvalue weighted by Crippen LogP contribution is -2.31. The summed E-state index contributed by atoms with van der Waals surface area (Å²) in [5.41, 5.74) is 7.58. The van der Waals surface area contributed by atoms with E-state index in [4.69, 9.17) is 19.9 Å². The van der Waals surface area contributed by atoms with Gasteiger partial charge in [0.2, 0.25) is 0 Å². The number of hydrogen-bond donors (Lipinski definition) is 2. The van der Waals surface area contributed by atoms with E-state index in [2.05, 4.69) is 25.8 Å². The molecule has 3 N–H and O–H groups in total. The third kappa shape index (κ3) is 3.10. The summed E-state index contributed by atoms with van der Waals surface area (Å²) in [7, 11) is 0. The summed E-state index contributed by atoms with van der Waals surface area (Å²) in [6.45, 7) is 7.17. The topological polar surface area (TPSA) is 86.3 Å². The van der Waals surface area contributed by atoms with Crippen LogP contribution in [0.25, 0.3) is 0 Å². The SMILES string of the molecule is CC(C)(C)COc1ccc2c(c1)[C@]1(COC(N)=N1)c1cc(CO)ccc1O2. The third-order valence-corrected chi connectivity index (χ3v) is 4.69. The van der Waals surface area contributed by atoms with Gasteiger partial charge in [-0.05, 0) is 41.3 Å². The lowest BCUT2D eigenvalue weighted by Gasteiger charge is -2.34. The molecule has 0 aliphatic carbocycles. The zero-order valence-corrected chi connectivity index (χ0v) is 15.8. The fourth-order valence-electron chi connectivity index (χ4n) is 3.37. The number of nitrogens with two attached hydrogens (primary N) is 1. The Kier molecular flexibility index (Phi) is 4.03. The molecule has 0 aromatic heterocycles. The minimum Gasteiger partial charge on any atom is -0.493 e. The van der Waals surface area contributed by atoms with Gasteiger partial charge >= 0.3 is 0 Å². The standard InChI is InChI=1S/C21H24N2O4/c1-20(2,3)11-25-14-5-7-18-16(9-14)21(12-26-19(22)23-21)15-8-13(10-24)4-6-17(15)27-18/h4-9,24H,10-12H2,1-3H3,(H2,22,23)/t21-/m0/s1. The zero-order chi connectivity index (χ0) is 19.2. The molecular formula is C21H24N2O4. The Morgan fingerprint density at radius 1 is 1.15 bits per heavy atom. The molecule has 0 radical (unpaired) electrons. The maximum atomic E-state index is 9.56. The normalized spacial score (nSPS) is 20.4. The number of aliphatic imine (C=N–C) groups is 1. The van der Waals surface area contributed by atoms with E-state index in [1.54, 1.807) is 0 Å². The Morgan fingerprint density at radius 3 is 2.48 bits per heavy atom. The third-order valence-electron chi connectivity index (χ3n) is 4.69. The molecule has 27 heavy (non-hydrogen) atoms. The molecule has 2 aromatic rings. The molecule has 0 bridgehead atoms. The van der Waals surface area contributed by atoms with Crippen LogP contribution in [0.2, 0.25) is 0 Å². The van der Waals surface area contributed by atoms with Crippen molar-refractivity contribution in [3.8, 4) is 17.2 Å². The molecule has 0 saturated carbocycles. The Labute approximate surface area is 158 Å². The Hall–Kier alpha value is -2.73. The summed E-state index contributed by atoms with van der Waals surface area (Å²) in [6, 6.07) is 11.5. The fraction of sp³-hybridized carbons (Fsp3) is 0.381. The van der Waals surface area contributed by atoms with Crippen LogP contribution in [0.15, 0.2) is 41.4 Å². The highest BCUT2D eigenvalue weighted by atomic mass is 16.5. The summed E-state index contributed by atoms with van der Waals surface area (Å²) >= 11 is 0. The van der Waals surface area contributed by atoms with Crippen LogP contribution >= 0.6 is 0 Å². The molecule has 6 heteroatoms. The first-order chi connectivity index (χ1) is 12.8. The molecule has 2 aromatic carbocycles. The number of aliphatic hydroxyl groups is 1. The van der Waals surface area contributed by atoms with Crippen LogP contribution in [0.1, 0.15) is 37.5 Å². The van der Waals surface area contributed by atoms with Gasteiger partial charge in [0, 0.05) is 11.1 Å². The molecule has 0 amide bonds. The molecule has 0 unspecified atom stereocenters. The molecule has 6 nitrogen and oxygen atoms in total. The molecule has 0 fully saturated rings. The average molecular weight is 368 g/mol. The number of hydrogen-bond acceptors (Lipinski definition) is 6. The highest BCUT2D eigenvalue weighted by molar-refractivity contribution is 5.77. The molecule has 2 aliphatic rings. The summed E-state index contributed by atoms with van der Waals surface area (Å²) in [5.74, 6) is 2.13. The highest BCUT2D eigenvalue weighted by Gasteiger charge is 2.47. The van der Waals surface area contributed by atoms with Gasteiger partial charge in [-0.15, -0.1) is 0 Å². The average Bonchev–Trinajstić information content (AvgIpc) is 3.02. The minimum atomic E-state index is -0.806. The second kappa shape index (κ2) is 6.16. The Balaban J connectivity index is 1.82. The number of nitrogens with zero attached hydrogens (tertiary/aromatic N) is 1. The van der Waals surface area contributed by atoms with Crippen molar-refractivity contribution < 1.29 is 19.3 Å². The lowest BCUT2D eigenvalue weighted by molar-refractivity contribution is 0.197. The van der Waals surface area contributed by atoms with Crippen LogP contribution in [0.5, 0.6) is 17.2 Å². The van der Waals surface area contributed by atoms with E-state index in [1.807, 2.05) is 36.4 Å². The molecule has 2 heterocycles. The van der Waals surface area contributed by atoms with Crippen molar-refractivity contribution in [3.63, 3.8) is 0 Å². The van der Waals surface area contributed by atoms with Gasteiger partial charge in [0.25, 0.3) is 6.02 Å². The van der Waals surface area contributed by atoms with E-state index < -0.39 is 5.54 Å². The van der Waals surface area contributed by atoms with Crippen LogP contribution in [0.4, 0.5) is 0 Å².